The number of rotatable bonds is 4. The Bertz CT molecular complexity index is 268. The molecule has 1 saturated heterocycles. The molecule has 0 aromatic rings. The Labute approximate surface area is 104 Å². The van der Waals surface area contributed by atoms with E-state index < -0.39 is 0 Å². The normalized spacial score (nSPS) is 27.3. The molecule has 0 aliphatic carbocycles. The fourth-order valence-corrected chi connectivity index (χ4v) is 2.40. The molecule has 1 unspecified atom stereocenters. The molecule has 0 radical (unpaired) electrons. The Morgan fingerprint density at radius 3 is 2.71 bits per heavy atom. The number of carbonyl (C=O) groups excluding carboxylic acids is 1. The van der Waals surface area contributed by atoms with E-state index in [1.165, 1.54) is 0 Å². The predicted octanol–water partition coefficient (Wildman–Crippen LogP) is 1.39. The van der Waals surface area contributed by atoms with Crippen LogP contribution >= 0.6 is 0 Å². The first-order chi connectivity index (χ1) is 7.88. The summed E-state index contributed by atoms with van der Waals surface area (Å²) in [4.78, 5) is 14.0. The number of amides is 1. The van der Waals surface area contributed by atoms with Crippen molar-refractivity contribution < 1.29 is 9.53 Å². The lowest BCUT2D eigenvalue weighted by atomic mass is 9.93. The van der Waals surface area contributed by atoms with Crippen LogP contribution in [0.4, 0.5) is 0 Å². The highest BCUT2D eigenvalue weighted by molar-refractivity contribution is 5.81. The minimum Gasteiger partial charge on any atom is -0.377 e. The van der Waals surface area contributed by atoms with Gasteiger partial charge in [-0.15, -0.1) is 0 Å². The number of nitrogens with two attached hydrogens (primary N) is 1. The first-order valence-electron chi connectivity index (χ1n) is 6.47. The summed E-state index contributed by atoms with van der Waals surface area (Å²) in [6.07, 6.45) is 2.75. The van der Waals surface area contributed by atoms with Crippen LogP contribution in [0.25, 0.3) is 0 Å². The number of nitrogens with zero attached hydrogens (tertiary/aromatic N) is 1. The van der Waals surface area contributed by atoms with E-state index in [1.807, 2.05) is 4.90 Å². The SMILES string of the molecule is COC1(C)CCCN(C(=O)[C@H](N)CC(C)C)C1. The van der Waals surface area contributed by atoms with Crippen molar-refractivity contribution in [2.75, 3.05) is 20.2 Å². The number of carbonyl (C=O) groups is 1. The van der Waals surface area contributed by atoms with E-state index in [9.17, 15) is 4.79 Å². The van der Waals surface area contributed by atoms with Gasteiger partial charge >= 0.3 is 0 Å². The van der Waals surface area contributed by atoms with Gasteiger partial charge in [0.15, 0.2) is 0 Å². The van der Waals surface area contributed by atoms with Crippen molar-refractivity contribution in [2.45, 2.75) is 51.7 Å². The molecule has 0 bridgehead atoms. The minimum atomic E-state index is -0.366. The molecule has 4 nitrogen and oxygen atoms in total. The van der Waals surface area contributed by atoms with Gasteiger partial charge in [0.25, 0.3) is 0 Å². The van der Waals surface area contributed by atoms with Crippen molar-refractivity contribution in [3.8, 4) is 0 Å². The fourth-order valence-electron chi connectivity index (χ4n) is 2.40. The average molecular weight is 242 g/mol. The highest BCUT2D eigenvalue weighted by Crippen LogP contribution is 2.24. The molecule has 1 amide bonds. The van der Waals surface area contributed by atoms with Crippen molar-refractivity contribution in [2.24, 2.45) is 11.7 Å². The molecule has 100 valence electrons. The highest BCUT2D eigenvalue weighted by Gasteiger charge is 2.34. The summed E-state index contributed by atoms with van der Waals surface area (Å²) in [5.74, 6) is 0.522. The number of ether oxygens (including phenoxy) is 1. The third kappa shape index (κ3) is 3.96. The van der Waals surface area contributed by atoms with Crippen LogP contribution in [0.2, 0.25) is 0 Å². The van der Waals surface area contributed by atoms with Gasteiger partial charge in [0, 0.05) is 20.2 Å². The first-order valence-corrected chi connectivity index (χ1v) is 6.47. The molecular formula is C13H26N2O2. The van der Waals surface area contributed by atoms with E-state index in [0.717, 1.165) is 25.8 Å². The second-order valence-electron chi connectivity index (χ2n) is 5.75. The van der Waals surface area contributed by atoms with Gasteiger partial charge in [-0.25, -0.2) is 0 Å². The molecule has 0 spiro atoms. The van der Waals surface area contributed by atoms with Crippen LogP contribution in [0.1, 0.15) is 40.0 Å². The summed E-state index contributed by atoms with van der Waals surface area (Å²) in [7, 11) is 1.71. The lowest BCUT2D eigenvalue weighted by Gasteiger charge is -2.40. The fraction of sp³-hybridized carbons (Fsp3) is 0.923. The van der Waals surface area contributed by atoms with Gasteiger partial charge in [-0.2, -0.15) is 0 Å². The van der Waals surface area contributed by atoms with Gasteiger partial charge in [0.05, 0.1) is 11.6 Å². The van der Waals surface area contributed by atoms with E-state index in [4.69, 9.17) is 10.5 Å². The largest absolute Gasteiger partial charge is 0.377 e. The zero-order valence-corrected chi connectivity index (χ0v) is 11.5. The van der Waals surface area contributed by atoms with Gasteiger partial charge in [-0.05, 0) is 32.1 Å². The summed E-state index contributed by atoms with van der Waals surface area (Å²) < 4.78 is 5.49. The molecule has 0 saturated carbocycles. The molecule has 1 fully saturated rings. The second kappa shape index (κ2) is 5.83. The van der Waals surface area contributed by atoms with E-state index >= 15 is 0 Å². The van der Waals surface area contributed by atoms with Crippen LogP contribution < -0.4 is 5.73 Å². The summed E-state index contributed by atoms with van der Waals surface area (Å²) in [6.45, 7) is 7.70. The van der Waals surface area contributed by atoms with E-state index in [-0.39, 0.29) is 17.6 Å². The van der Waals surface area contributed by atoms with Crippen molar-refractivity contribution in [3.05, 3.63) is 0 Å². The van der Waals surface area contributed by atoms with Gasteiger partial charge < -0.3 is 15.4 Å². The molecule has 4 heteroatoms. The van der Waals surface area contributed by atoms with Gasteiger partial charge in [0.2, 0.25) is 5.91 Å². The molecule has 1 aliphatic heterocycles. The van der Waals surface area contributed by atoms with E-state index in [1.54, 1.807) is 7.11 Å². The smallest absolute Gasteiger partial charge is 0.239 e. The molecule has 0 aromatic carbocycles. The quantitative estimate of drug-likeness (QED) is 0.810. The molecule has 17 heavy (non-hydrogen) atoms. The van der Waals surface area contributed by atoms with Crippen LogP contribution in [-0.4, -0.2) is 42.6 Å². The monoisotopic (exact) mass is 242 g/mol. The van der Waals surface area contributed by atoms with E-state index in [2.05, 4.69) is 20.8 Å². The van der Waals surface area contributed by atoms with Crippen molar-refractivity contribution >= 4 is 5.91 Å². The van der Waals surface area contributed by atoms with Gasteiger partial charge in [-0.3, -0.25) is 4.79 Å². The highest BCUT2D eigenvalue weighted by atomic mass is 16.5. The molecule has 1 heterocycles. The van der Waals surface area contributed by atoms with Crippen LogP contribution in [0.15, 0.2) is 0 Å². The number of hydrogen-bond donors (Lipinski definition) is 1. The number of methoxy groups -OCH3 is 1. The van der Waals surface area contributed by atoms with E-state index in [0.29, 0.717) is 12.5 Å². The van der Waals surface area contributed by atoms with Crippen molar-refractivity contribution in [1.82, 2.24) is 4.90 Å². The maximum Gasteiger partial charge on any atom is 0.239 e. The van der Waals surface area contributed by atoms with Gasteiger partial charge in [-0.1, -0.05) is 13.8 Å². The standard InChI is InChI=1S/C13H26N2O2/c1-10(2)8-11(14)12(16)15-7-5-6-13(3,9-15)17-4/h10-11H,5-9,14H2,1-4H3/t11-,13?/m1/s1. The summed E-state index contributed by atoms with van der Waals surface area (Å²) >= 11 is 0. The zero-order chi connectivity index (χ0) is 13.1. The Morgan fingerprint density at radius 1 is 1.53 bits per heavy atom. The summed E-state index contributed by atoms with van der Waals surface area (Å²) in [5.41, 5.74) is 5.74. The molecule has 2 atom stereocenters. The molecule has 2 N–H and O–H groups in total. The summed E-state index contributed by atoms with van der Waals surface area (Å²) in [6, 6.07) is -0.366. The molecular weight excluding hydrogens is 216 g/mol. The number of likely N-dealkylation sites (tertiary alicyclic amines) is 1. The number of hydrogen-bond acceptors (Lipinski definition) is 3. The topological polar surface area (TPSA) is 55.6 Å². The Balaban J connectivity index is 2.57. The lowest BCUT2D eigenvalue weighted by molar-refractivity contribution is -0.140. The zero-order valence-electron chi connectivity index (χ0n) is 11.5. The van der Waals surface area contributed by atoms with Crippen LogP contribution in [0, 0.1) is 5.92 Å². The Hall–Kier alpha value is -0.610. The van der Waals surface area contributed by atoms with Crippen molar-refractivity contribution in [3.63, 3.8) is 0 Å². The third-order valence-corrected chi connectivity index (χ3v) is 3.51. The maximum absolute atomic E-state index is 12.2. The predicted molar refractivity (Wildman–Crippen MR) is 68.7 cm³/mol. The van der Waals surface area contributed by atoms with Crippen LogP contribution in [0.3, 0.4) is 0 Å². The molecule has 1 rings (SSSR count). The third-order valence-electron chi connectivity index (χ3n) is 3.51. The Morgan fingerprint density at radius 2 is 2.18 bits per heavy atom. The Kier molecular flexibility index (Phi) is 4.95. The van der Waals surface area contributed by atoms with Crippen molar-refractivity contribution in [1.29, 1.82) is 0 Å². The molecule has 1 aliphatic rings. The van der Waals surface area contributed by atoms with Crippen LogP contribution in [-0.2, 0) is 9.53 Å². The van der Waals surface area contributed by atoms with Gasteiger partial charge in [0.1, 0.15) is 0 Å². The lowest BCUT2D eigenvalue weighted by Crippen LogP contribution is -2.54. The maximum atomic E-state index is 12.2. The molecule has 0 aromatic heterocycles. The summed E-state index contributed by atoms with van der Waals surface area (Å²) in [5, 5.41) is 0. The second-order valence-corrected chi connectivity index (χ2v) is 5.75. The average Bonchev–Trinajstić information content (AvgIpc) is 2.27. The first kappa shape index (κ1) is 14.5. The minimum absolute atomic E-state index is 0.0710. The van der Waals surface area contributed by atoms with Crippen LogP contribution in [0.5, 0.6) is 0 Å². The number of piperidine rings is 1.